The number of para-hydroxylation sites is 1. The lowest BCUT2D eigenvalue weighted by Crippen LogP contribution is -2.47. The molecule has 5 rings (SSSR count). The molecule has 2 amide bonds. The van der Waals surface area contributed by atoms with E-state index in [0.29, 0.717) is 42.4 Å². The van der Waals surface area contributed by atoms with Gasteiger partial charge in [-0.25, -0.2) is 5.10 Å². The molecule has 0 spiro atoms. The van der Waals surface area contributed by atoms with Crippen molar-refractivity contribution in [1.29, 1.82) is 0 Å². The van der Waals surface area contributed by atoms with Crippen molar-refractivity contribution in [2.24, 2.45) is 5.92 Å². The van der Waals surface area contributed by atoms with Crippen molar-refractivity contribution in [1.82, 2.24) is 25.4 Å². The molecule has 2 N–H and O–H groups in total. The Morgan fingerprint density at radius 1 is 1.15 bits per heavy atom. The van der Waals surface area contributed by atoms with Crippen LogP contribution in [0.5, 0.6) is 5.75 Å². The van der Waals surface area contributed by atoms with Crippen LogP contribution in [0.15, 0.2) is 59.4 Å². The van der Waals surface area contributed by atoms with Crippen LogP contribution < -0.4 is 14.9 Å². The second-order valence-corrected chi connectivity index (χ2v) is 10.9. The summed E-state index contributed by atoms with van der Waals surface area (Å²) >= 11 is 1.06. The van der Waals surface area contributed by atoms with Gasteiger partial charge in [-0.15, -0.1) is 0 Å². The number of carbonyl (C=O) groups is 2. The molecule has 1 aliphatic heterocycles. The fourth-order valence-electron chi connectivity index (χ4n) is 5.12. The summed E-state index contributed by atoms with van der Waals surface area (Å²) in [6.07, 6.45) is 2.01. The van der Waals surface area contributed by atoms with Crippen LogP contribution in [-0.4, -0.2) is 51.0 Å². The van der Waals surface area contributed by atoms with E-state index in [1.807, 2.05) is 42.2 Å². The summed E-state index contributed by atoms with van der Waals surface area (Å²) in [5.41, 5.74) is 3.45. The molecule has 202 valence electrons. The summed E-state index contributed by atoms with van der Waals surface area (Å²) in [6.45, 7) is 5.25. The SMILES string of the molecule is CC(=O)N1CCC(C(Cc2n[nH]c(=O)s2)NC(=O)c2ccc(OCc3cc(C)nc4ccccc34)cc2)CC1. The second-order valence-electron chi connectivity index (χ2n) is 9.89. The van der Waals surface area contributed by atoms with Gasteiger partial charge in [0, 0.05) is 54.7 Å². The highest BCUT2D eigenvalue weighted by molar-refractivity contribution is 7.08. The number of ether oxygens (including phenoxy) is 1. The van der Waals surface area contributed by atoms with Gasteiger partial charge in [0.05, 0.1) is 5.52 Å². The van der Waals surface area contributed by atoms with E-state index in [0.717, 1.165) is 46.3 Å². The summed E-state index contributed by atoms with van der Waals surface area (Å²) in [6, 6.07) is 16.9. The van der Waals surface area contributed by atoms with Crippen molar-refractivity contribution in [3.05, 3.63) is 86.1 Å². The number of rotatable bonds is 8. The Morgan fingerprint density at radius 2 is 1.90 bits per heavy atom. The van der Waals surface area contributed by atoms with Crippen LogP contribution in [0, 0.1) is 12.8 Å². The van der Waals surface area contributed by atoms with Crippen molar-refractivity contribution >= 4 is 34.1 Å². The monoisotopic (exact) mass is 545 g/mol. The molecule has 1 fully saturated rings. The van der Waals surface area contributed by atoms with E-state index < -0.39 is 0 Å². The smallest absolute Gasteiger partial charge is 0.322 e. The van der Waals surface area contributed by atoms with Crippen LogP contribution in [0.2, 0.25) is 0 Å². The zero-order chi connectivity index (χ0) is 27.4. The van der Waals surface area contributed by atoms with Crippen LogP contribution >= 0.6 is 11.3 Å². The number of hydrogen-bond donors (Lipinski definition) is 2. The summed E-state index contributed by atoms with van der Waals surface area (Å²) < 4.78 is 6.05. The van der Waals surface area contributed by atoms with Crippen molar-refractivity contribution in [2.45, 2.75) is 45.8 Å². The highest BCUT2D eigenvalue weighted by atomic mass is 32.1. The summed E-state index contributed by atoms with van der Waals surface area (Å²) in [4.78, 5) is 42.8. The first-order chi connectivity index (χ1) is 18.9. The Morgan fingerprint density at radius 3 is 2.59 bits per heavy atom. The molecule has 0 bridgehead atoms. The summed E-state index contributed by atoms with van der Waals surface area (Å²) in [7, 11) is 0. The molecule has 2 aromatic carbocycles. The molecule has 39 heavy (non-hydrogen) atoms. The van der Waals surface area contributed by atoms with Gasteiger partial charge in [0.15, 0.2) is 0 Å². The number of hydrogen-bond acceptors (Lipinski definition) is 7. The third-order valence-corrected chi connectivity index (χ3v) is 7.96. The maximum atomic E-state index is 13.2. The molecular formula is C29H31N5O4S. The third kappa shape index (κ3) is 6.51. The molecule has 1 atom stereocenters. The van der Waals surface area contributed by atoms with Crippen LogP contribution in [0.3, 0.4) is 0 Å². The van der Waals surface area contributed by atoms with Crippen molar-refractivity contribution in [2.75, 3.05) is 13.1 Å². The number of H-pyrrole nitrogens is 1. The van der Waals surface area contributed by atoms with Crippen molar-refractivity contribution < 1.29 is 14.3 Å². The van der Waals surface area contributed by atoms with E-state index in [-0.39, 0.29) is 28.6 Å². The lowest BCUT2D eigenvalue weighted by Gasteiger charge is -2.35. The number of nitrogens with one attached hydrogen (secondary N) is 2. The summed E-state index contributed by atoms with van der Waals surface area (Å²) in [5.74, 6) is 0.706. The van der Waals surface area contributed by atoms with Gasteiger partial charge in [0.25, 0.3) is 5.91 Å². The zero-order valence-electron chi connectivity index (χ0n) is 22.0. The van der Waals surface area contributed by atoms with E-state index in [2.05, 4.69) is 20.5 Å². The lowest BCUT2D eigenvalue weighted by molar-refractivity contribution is -0.130. The first kappa shape index (κ1) is 26.6. The zero-order valence-corrected chi connectivity index (χ0v) is 22.8. The Kier molecular flexibility index (Phi) is 8.02. The molecule has 0 aliphatic carbocycles. The molecule has 10 heteroatoms. The third-order valence-electron chi connectivity index (χ3n) is 7.19. The van der Waals surface area contributed by atoms with Gasteiger partial charge >= 0.3 is 4.87 Å². The standard InChI is InChI=1S/C29H31N5O4S/c1-18-15-22(24-5-3-4-6-25(24)30-18)17-38-23-9-7-21(8-10-23)28(36)31-26(16-27-32-33-29(37)39-27)20-11-13-34(14-12-20)19(2)35/h3-10,15,20,26H,11-14,16-17H2,1-2H3,(H,31,36)(H,33,37). The highest BCUT2D eigenvalue weighted by Gasteiger charge is 2.30. The maximum absolute atomic E-state index is 13.2. The van der Waals surface area contributed by atoms with E-state index in [9.17, 15) is 14.4 Å². The van der Waals surface area contributed by atoms with Crippen LogP contribution in [0.1, 0.15) is 46.4 Å². The van der Waals surface area contributed by atoms with Crippen LogP contribution in [0.4, 0.5) is 0 Å². The van der Waals surface area contributed by atoms with Crippen LogP contribution in [0.25, 0.3) is 10.9 Å². The number of likely N-dealkylation sites (tertiary alicyclic amines) is 1. The van der Waals surface area contributed by atoms with Crippen LogP contribution in [-0.2, 0) is 17.8 Å². The first-order valence-electron chi connectivity index (χ1n) is 13.0. The van der Waals surface area contributed by atoms with Gasteiger partial charge < -0.3 is 15.0 Å². The Balaban J connectivity index is 1.25. The fourth-order valence-corrected chi connectivity index (χ4v) is 5.78. The molecule has 4 aromatic rings. The Labute approximate surface area is 230 Å². The number of amides is 2. The average molecular weight is 546 g/mol. The maximum Gasteiger partial charge on any atom is 0.322 e. The average Bonchev–Trinajstić information content (AvgIpc) is 3.35. The number of nitrogens with zero attached hydrogens (tertiary/aromatic N) is 3. The van der Waals surface area contributed by atoms with Gasteiger partial charge in [-0.3, -0.25) is 19.4 Å². The Hall–Kier alpha value is -4.05. The minimum atomic E-state index is -0.216. The lowest BCUT2D eigenvalue weighted by atomic mass is 9.87. The minimum absolute atomic E-state index is 0.0640. The molecule has 3 heterocycles. The largest absolute Gasteiger partial charge is 0.489 e. The number of fused-ring (bicyclic) bond motifs is 1. The van der Waals surface area contributed by atoms with Gasteiger partial charge in [-0.05, 0) is 62.1 Å². The molecule has 0 saturated carbocycles. The predicted molar refractivity (Wildman–Crippen MR) is 150 cm³/mol. The van der Waals surface area contributed by atoms with E-state index in [4.69, 9.17) is 4.74 Å². The van der Waals surface area contributed by atoms with Gasteiger partial charge in [-0.2, -0.15) is 5.10 Å². The number of carbonyl (C=O) groups excluding carboxylic acids is 2. The van der Waals surface area contributed by atoms with Gasteiger partial charge in [0.1, 0.15) is 17.4 Å². The molecule has 2 aromatic heterocycles. The van der Waals surface area contributed by atoms with Gasteiger partial charge in [0.2, 0.25) is 5.91 Å². The van der Waals surface area contributed by atoms with E-state index >= 15 is 0 Å². The number of pyridine rings is 1. The molecule has 1 unspecified atom stereocenters. The first-order valence-corrected chi connectivity index (χ1v) is 13.9. The number of aromatic nitrogens is 3. The fraction of sp³-hybridized carbons (Fsp3) is 0.345. The molecule has 1 saturated heterocycles. The predicted octanol–water partition coefficient (Wildman–Crippen LogP) is 3.87. The number of piperidine rings is 1. The van der Waals surface area contributed by atoms with Crippen molar-refractivity contribution in [3.8, 4) is 5.75 Å². The normalized spacial score (nSPS) is 14.8. The molecule has 1 aliphatic rings. The Bertz CT molecular complexity index is 1520. The summed E-state index contributed by atoms with van der Waals surface area (Å²) in [5, 5.41) is 11.4. The molecule has 0 radical (unpaired) electrons. The van der Waals surface area contributed by atoms with Crippen molar-refractivity contribution in [3.63, 3.8) is 0 Å². The second kappa shape index (κ2) is 11.8. The topological polar surface area (TPSA) is 117 Å². The van der Waals surface area contributed by atoms with Gasteiger partial charge in [-0.1, -0.05) is 29.5 Å². The molecule has 9 nitrogen and oxygen atoms in total. The van der Waals surface area contributed by atoms with E-state index in [1.165, 1.54) is 0 Å². The molecular weight excluding hydrogens is 514 g/mol. The number of aryl methyl sites for hydroxylation is 1. The minimum Gasteiger partial charge on any atom is -0.489 e. The quantitative estimate of drug-likeness (QED) is 0.347. The van der Waals surface area contributed by atoms with E-state index in [1.54, 1.807) is 31.2 Å². The highest BCUT2D eigenvalue weighted by Crippen LogP contribution is 2.25. The number of aromatic amines is 1. The number of benzene rings is 2.